The first-order chi connectivity index (χ1) is 9.39. The smallest absolute Gasteiger partial charge is 0.225 e. The van der Waals surface area contributed by atoms with E-state index in [1.165, 1.54) is 19.1 Å². The predicted molar refractivity (Wildman–Crippen MR) is 68.3 cm³/mol. The number of sulfonamides is 2. The summed E-state index contributed by atoms with van der Waals surface area (Å²) < 4.78 is 84.6. The minimum atomic E-state index is -4.75. The van der Waals surface area contributed by atoms with Crippen molar-refractivity contribution in [3.8, 4) is 0 Å². The van der Waals surface area contributed by atoms with E-state index < -0.39 is 49.1 Å². The van der Waals surface area contributed by atoms with Crippen LogP contribution < -0.4 is 5.14 Å². The molecular formula is C10H13F3N2O4S2. The van der Waals surface area contributed by atoms with E-state index in [1.54, 1.807) is 0 Å². The number of benzene rings is 1. The quantitative estimate of drug-likeness (QED) is 0.857. The molecule has 0 aliphatic heterocycles. The first-order valence-electron chi connectivity index (χ1n) is 5.58. The lowest BCUT2D eigenvalue weighted by atomic mass is 10.4. The van der Waals surface area contributed by atoms with Crippen LogP contribution in [0.3, 0.4) is 0 Å². The molecular weight excluding hydrogens is 333 g/mol. The Balaban J connectivity index is 3.44. The summed E-state index contributed by atoms with van der Waals surface area (Å²) in [5.74, 6) is 0. The number of halogens is 3. The van der Waals surface area contributed by atoms with Crippen LogP contribution in [-0.2, 0) is 20.0 Å². The average molecular weight is 346 g/mol. The van der Waals surface area contributed by atoms with Crippen molar-refractivity contribution >= 4 is 20.0 Å². The molecule has 0 atom stereocenters. The molecule has 0 fully saturated rings. The molecule has 2 N–H and O–H groups in total. The molecule has 0 unspecified atom stereocenters. The standard InChI is InChI=1S/C10H13F3N2O4S2/c1-2-15(7-10(11,12)13)21(18,19)9-6-4-3-5-8(9)20(14,16)17/h3-6H,2,7H2,1H3,(H2,14,16,17). The minimum Gasteiger partial charge on any atom is -0.225 e. The molecule has 0 amide bonds. The summed E-state index contributed by atoms with van der Waals surface area (Å²) in [6, 6.07) is 4.24. The number of primary sulfonamides is 1. The molecule has 120 valence electrons. The molecule has 1 aromatic carbocycles. The van der Waals surface area contributed by atoms with Gasteiger partial charge in [-0.25, -0.2) is 22.0 Å². The first-order valence-corrected chi connectivity index (χ1v) is 8.57. The van der Waals surface area contributed by atoms with Crippen molar-refractivity contribution in [1.29, 1.82) is 0 Å². The molecule has 6 nitrogen and oxygen atoms in total. The van der Waals surface area contributed by atoms with E-state index >= 15 is 0 Å². The van der Waals surface area contributed by atoms with Crippen molar-refractivity contribution in [2.45, 2.75) is 22.9 Å². The Hall–Kier alpha value is -1.17. The molecule has 0 aliphatic carbocycles. The van der Waals surface area contributed by atoms with Crippen LogP contribution in [-0.4, -0.2) is 40.4 Å². The average Bonchev–Trinajstić information content (AvgIpc) is 2.33. The van der Waals surface area contributed by atoms with Crippen LogP contribution in [0.1, 0.15) is 6.92 Å². The van der Waals surface area contributed by atoms with Gasteiger partial charge in [-0.1, -0.05) is 19.1 Å². The van der Waals surface area contributed by atoms with Crippen molar-refractivity contribution in [2.24, 2.45) is 5.14 Å². The summed E-state index contributed by atoms with van der Waals surface area (Å²) in [6.45, 7) is -0.978. The van der Waals surface area contributed by atoms with Crippen molar-refractivity contribution in [1.82, 2.24) is 4.31 Å². The topological polar surface area (TPSA) is 97.5 Å². The molecule has 1 rings (SSSR count). The Bertz CT molecular complexity index is 714. The molecule has 0 saturated carbocycles. The molecule has 0 radical (unpaired) electrons. The number of rotatable bonds is 5. The van der Waals surface area contributed by atoms with Gasteiger partial charge in [0.15, 0.2) is 0 Å². The number of nitrogens with two attached hydrogens (primary N) is 1. The fourth-order valence-electron chi connectivity index (χ4n) is 1.60. The molecule has 21 heavy (non-hydrogen) atoms. The van der Waals surface area contributed by atoms with Gasteiger partial charge in [0.05, 0.1) is 0 Å². The second-order valence-corrected chi connectivity index (χ2v) is 7.47. The third-order valence-electron chi connectivity index (χ3n) is 2.48. The van der Waals surface area contributed by atoms with Gasteiger partial charge < -0.3 is 0 Å². The fourth-order valence-corrected chi connectivity index (χ4v) is 4.39. The number of alkyl halides is 3. The maximum absolute atomic E-state index is 12.4. The van der Waals surface area contributed by atoms with Gasteiger partial charge in [-0.3, -0.25) is 0 Å². The maximum atomic E-state index is 12.4. The summed E-state index contributed by atoms with van der Waals surface area (Å²) in [4.78, 5) is -1.52. The highest BCUT2D eigenvalue weighted by Gasteiger charge is 2.37. The summed E-state index contributed by atoms with van der Waals surface area (Å²) in [5.41, 5.74) is 0. The van der Waals surface area contributed by atoms with Crippen LogP contribution in [0.15, 0.2) is 34.1 Å². The van der Waals surface area contributed by atoms with Crippen molar-refractivity contribution < 1.29 is 30.0 Å². The zero-order chi connectivity index (χ0) is 16.5. The highest BCUT2D eigenvalue weighted by atomic mass is 32.2. The van der Waals surface area contributed by atoms with E-state index in [-0.39, 0.29) is 4.31 Å². The lowest BCUT2D eigenvalue weighted by Gasteiger charge is -2.22. The Morgan fingerprint density at radius 2 is 1.57 bits per heavy atom. The third kappa shape index (κ3) is 4.40. The van der Waals surface area contributed by atoms with Crippen LogP contribution in [0.2, 0.25) is 0 Å². The van der Waals surface area contributed by atoms with Gasteiger partial charge in [0.25, 0.3) is 0 Å². The molecule has 0 saturated heterocycles. The Labute approximate surface area is 120 Å². The Morgan fingerprint density at radius 3 is 1.95 bits per heavy atom. The number of hydrogen-bond donors (Lipinski definition) is 1. The predicted octanol–water partition coefficient (Wildman–Crippen LogP) is 0.907. The van der Waals surface area contributed by atoms with Crippen LogP contribution >= 0.6 is 0 Å². The van der Waals surface area contributed by atoms with Crippen LogP contribution in [0, 0.1) is 0 Å². The minimum absolute atomic E-state index is 0.136. The first kappa shape index (κ1) is 17.9. The van der Waals surface area contributed by atoms with E-state index in [0.717, 1.165) is 12.1 Å². The van der Waals surface area contributed by atoms with Crippen molar-refractivity contribution in [3.63, 3.8) is 0 Å². The monoisotopic (exact) mass is 346 g/mol. The SMILES string of the molecule is CCN(CC(F)(F)F)S(=O)(=O)c1ccccc1S(N)(=O)=O. The van der Waals surface area contributed by atoms with Crippen LogP contribution in [0.25, 0.3) is 0 Å². The summed E-state index contributed by atoms with van der Waals surface area (Å²) in [5, 5.41) is 4.89. The highest BCUT2D eigenvalue weighted by Crippen LogP contribution is 2.26. The molecule has 0 aromatic heterocycles. The molecule has 1 aromatic rings. The van der Waals surface area contributed by atoms with E-state index in [4.69, 9.17) is 5.14 Å². The molecule has 0 bridgehead atoms. The van der Waals surface area contributed by atoms with E-state index in [2.05, 4.69) is 0 Å². The van der Waals surface area contributed by atoms with Gasteiger partial charge in [-0.15, -0.1) is 0 Å². The van der Waals surface area contributed by atoms with Crippen LogP contribution in [0.5, 0.6) is 0 Å². The van der Waals surface area contributed by atoms with Gasteiger partial charge in [0.1, 0.15) is 16.3 Å². The normalized spacial score (nSPS) is 13.6. The van der Waals surface area contributed by atoms with Crippen molar-refractivity contribution in [2.75, 3.05) is 13.1 Å². The van der Waals surface area contributed by atoms with E-state index in [1.807, 2.05) is 0 Å². The fraction of sp³-hybridized carbons (Fsp3) is 0.400. The summed E-state index contributed by atoms with van der Waals surface area (Å²) in [7, 11) is -9.03. The Kier molecular flexibility index (Phi) is 5.03. The highest BCUT2D eigenvalue weighted by molar-refractivity contribution is 7.92. The number of nitrogens with zero attached hydrogens (tertiary/aromatic N) is 1. The molecule has 11 heteroatoms. The third-order valence-corrected chi connectivity index (χ3v) is 5.56. The lowest BCUT2D eigenvalue weighted by Crippen LogP contribution is -2.39. The van der Waals surface area contributed by atoms with E-state index in [0.29, 0.717) is 0 Å². The summed E-state index contributed by atoms with van der Waals surface area (Å²) in [6.07, 6.45) is -4.75. The molecule has 0 aliphatic rings. The zero-order valence-corrected chi connectivity index (χ0v) is 12.5. The van der Waals surface area contributed by atoms with Gasteiger partial charge in [0.2, 0.25) is 20.0 Å². The van der Waals surface area contributed by atoms with E-state index in [9.17, 15) is 30.0 Å². The molecule has 0 heterocycles. The van der Waals surface area contributed by atoms with Gasteiger partial charge in [0, 0.05) is 6.54 Å². The zero-order valence-electron chi connectivity index (χ0n) is 10.8. The number of hydrogen-bond acceptors (Lipinski definition) is 4. The summed E-state index contributed by atoms with van der Waals surface area (Å²) >= 11 is 0. The Morgan fingerprint density at radius 1 is 1.10 bits per heavy atom. The van der Waals surface area contributed by atoms with Gasteiger partial charge in [-0.05, 0) is 12.1 Å². The second kappa shape index (κ2) is 5.91. The molecule has 0 spiro atoms. The second-order valence-electron chi connectivity index (χ2n) is 4.04. The largest absolute Gasteiger partial charge is 0.402 e. The maximum Gasteiger partial charge on any atom is 0.402 e. The van der Waals surface area contributed by atoms with Crippen LogP contribution in [0.4, 0.5) is 13.2 Å². The van der Waals surface area contributed by atoms with Crippen molar-refractivity contribution in [3.05, 3.63) is 24.3 Å². The van der Waals surface area contributed by atoms with Gasteiger partial charge in [-0.2, -0.15) is 17.5 Å². The van der Waals surface area contributed by atoms with Gasteiger partial charge >= 0.3 is 6.18 Å². The lowest BCUT2D eigenvalue weighted by molar-refractivity contribution is -0.135.